The number of ether oxygens (including phenoxy) is 2. The van der Waals surface area contributed by atoms with Gasteiger partial charge in [0.1, 0.15) is 11.5 Å². The molecule has 1 aromatic rings. The van der Waals surface area contributed by atoms with Gasteiger partial charge in [-0.05, 0) is 32.8 Å². The molecule has 1 aliphatic carbocycles. The summed E-state index contributed by atoms with van der Waals surface area (Å²) in [5, 5.41) is 1.14. The first-order valence-corrected chi connectivity index (χ1v) is 8.44. The van der Waals surface area contributed by atoms with Crippen molar-refractivity contribution in [3.8, 4) is 0 Å². The van der Waals surface area contributed by atoms with Gasteiger partial charge in [-0.2, -0.15) is 0 Å². The number of nitrogens with zero attached hydrogens (tertiary/aromatic N) is 1. The second-order valence-electron chi connectivity index (χ2n) is 4.87. The van der Waals surface area contributed by atoms with Gasteiger partial charge in [-0.1, -0.05) is 14.0 Å². The smallest absolute Gasteiger partial charge is 0.354 e. The highest BCUT2D eigenvalue weighted by Crippen LogP contribution is 2.41. The Balaban J connectivity index is 0.000000570. The summed E-state index contributed by atoms with van der Waals surface area (Å²) in [6.07, 6.45) is 5.83. The first-order valence-electron chi connectivity index (χ1n) is 7.62. The SMILES string of the molecule is C.C=C(CN)OCC.CCOC(=O)/C(N)=C/c1cnc(C2CC2)s1. The Hall–Kier alpha value is -1.86. The molecular weight excluding hydrogens is 326 g/mol. The van der Waals surface area contributed by atoms with E-state index in [9.17, 15) is 4.79 Å². The predicted molar refractivity (Wildman–Crippen MR) is 99.4 cm³/mol. The number of hydrogen-bond acceptors (Lipinski definition) is 7. The minimum atomic E-state index is -0.469. The molecule has 1 aromatic heterocycles. The normalized spacial score (nSPS) is 13.2. The van der Waals surface area contributed by atoms with Crippen LogP contribution in [0.1, 0.15) is 49.9 Å². The van der Waals surface area contributed by atoms with E-state index in [4.69, 9.17) is 20.9 Å². The molecule has 2 rings (SSSR count). The van der Waals surface area contributed by atoms with Crippen LogP contribution in [0.2, 0.25) is 0 Å². The van der Waals surface area contributed by atoms with Gasteiger partial charge < -0.3 is 20.9 Å². The van der Waals surface area contributed by atoms with Gasteiger partial charge in [-0.25, -0.2) is 9.78 Å². The zero-order valence-electron chi connectivity index (χ0n) is 13.7. The van der Waals surface area contributed by atoms with Crippen molar-refractivity contribution < 1.29 is 14.3 Å². The fraction of sp³-hybridized carbons (Fsp3) is 0.529. The fourth-order valence-electron chi connectivity index (χ4n) is 1.58. The van der Waals surface area contributed by atoms with Crippen molar-refractivity contribution in [3.63, 3.8) is 0 Å². The maximum Gasteiger partial charge on any atom is 0.354 e. The van der Waals surface area contributed by atoms with Crippen LogP contribution < -0.4 is 11.5 Å². The Morgan fingerprint density at radius 1 is 1.42 bits per heavy atom. The van der Waals surface area contributed by atoms with Gasteiger partial charge in [0.05, 0.1) is 24.8 Å². The third-order valence-electron chi connectivity index (χ3n) is 2.85. The van der Waals surface area contributed by atoms with Gasteiger partial charge in [0, 0.05) is 17.0 Å². The average Bonchev–Trinajstić information content (AvgIpc) is 3.28. The lowest BCUT2D eigenvalue weighted by molar-refractivity contribution is -0.138. The molecule has 4 N–H and O–H groups in total. The van der Waals surface area contributed by atoms with Gasteiger partial charge in [0.15, 0.2) is 0 Å². The van der Waals surface area contributed by atoms with Crippen LogP contribution >= 0.6 is 11.3 Å². The van der Waals surface area contributed by atoms with Crippen molar-refractivity contribution >= 4 is 23.4 Å². The molecule has 0 atom stereocenters. The molecule has 1 aliphatic rings. The van der Waals surface area contributed by atoms with Crippen LogP contribution in [0.4, 0.5) is 0 Å². The zero-order valence-corrected chi connectivity index (χ0v) is 14.5. The van der Waals surface area contributed by atoms with Crippen LogP contribution in [0.15, 0.2) is 24.2 Å². The number of aromatic nitrogens is 1. The van der Waals surface area contributed by atoms with E-state index in [2.05, 4.69) is 11.6 Å². The predicted octanol–water partition coefficient (Wildman–Crippen LogP) is 3.01. The summed E-state index contributed by atoms with van der Waals surface area (Å²) in [4.78, 5) is 16.5. The monoisotopic (exact) mass is 355 g/mol. The molecule has 1 fully saturated rings. The van der Waals surface area contributed by atoms with E-state index in [1.807, 2.05) is 6.92 Å². The van der Waals surface area contributed by atoms with Crippen LogP contribution in [0.3, 0.4) is 0 Å². The zero-order chi connectivity index (χ0) is 17.2. The highest BCUT2D eigenvalue weighted by molar-refractivity contribution is 7.12. The molecule has 0 amide bonds. The largest absolute Gasteiger partial charge is 0.497 e. The summed E-state index contributed by atoms with van der Waals surface area (Å²) in [6, 6.07) is 0. The van der Waals surface area contributed by atoms with Gasteiger partial charge >= 0.3 is 5.97 Å². The number of thiazole rings is 1. The van der Waals surface area contributed by atoms with E-state index in [-0.39, 0.29) is 13.1 Å². The van der Waals surface area contributed by atoms with Crippen molar-refractivity contribution in [2.45, 2.75) is 40.0 Å². The summed E-state index contributed by atoms with van der Waals surface area (Å²) < 4.78 is 9.67. The van der Waals surface area contributed by atoms with Crippen LogP contribution in [-0.4, -0.2) is 30.7 Å². The van der Waals surface area contributed by atoms with E-state index in [0.29, 0.717) is 31.4 Å². The van der Waals surface area contributed by atoms with E-state index in [1.165, 1.54) is 12.8 Å². The van der Waals surface area contributed by atoms with Gasteiger partial charge in [-0.15, -0.1) is 11.3 Å². The van der Waals surface area contributed by atoms with Gasteiger partial charge in [0.25, 0.3) is 0 Å². The van der Waals surface area contributed by atoms with Crippen LogP contribution in [-0.2, 0) is 14.3 Å². The molecule has 0 bridgehead atoms. The highest BCUT2D eigenvalue weighted by atomic mass is 32.1. The lowest BCUT2D eigenvalue weighted by atomic mass is 10.4. The first-order chi connectivity index (χ1) is 11.0. The molecule has 0 spiro atoms. The number of carbonyl (C=O) groups excluding carboxylic acids is 1. The summed E-state index contributed by atoms with van der Waals surface area (Å²) in [7, 11) is 0. The van der Waals surface area contributed by atoms with Crippen LogP contribution in [0.25, 0.3) is 6.08 Å². The lowest BCUT2D eigenvalue weighted by Gasteiger charge is -2.00. The third kappa shape index (κ3) is 8.12. The number of esters is 1. The molecular formula is C17H29N3O3S. The third-order valence-corrected chi connectivity index (χ3v) is 3.96. The molecule has 24 heavy (non-hydrogen) atoms. The van der Waals surface area contributed by atoms with E-state index in [0.717, 1.165) is 9.88 Å². The van der Waals surface area contributed by atoms with Crippen molar-refractivity contribution in [2.24, 2.45) is 11.5 Å². The Morgan fingerprint density at radius 3 is 2.50 bits per heavy atom. The highest BCUT2D eigenvalue weighted by Gasteiger charge is 2.26. The maximum atomic E-state index is 11.3. The number of carbonyl (C=O) groups is 1. The quantitative estimate of drug-likeness (QED) is 0.443. The molecule has 7 heteroatoms. The second-order valence-corrected chi connectivity index (χ2v) is 5.96. The number of hydrogen-bond donors (Lipinski definition) is 2. The molecule has 0 saturated heterocycles. The summed E-state index contributed by atoms with van der Waals surface area (Å²) in [5.41, 5.74) is 10.9. The number of rotatable bonds is 7. The van der Waals surface area contributed by atoms with Crippen LogP contribution in [0, 0.1) is 0 Å². The Morgan fingerprint density at radius 2 is 2.04 bits per heavy atom. The van der Waals surface area contributed by atoms with Crippen molar-refractivity contribution in [1.82, 2.24) is 4.98 Å². The molecule has 6 nitrogen and oxygen atoms in total. The van der Waals surface area contributed by atoms with Crippen molar-refractivity contribution in [1.29, 1.82) is 0 Å². The fourth-order valence-corrected chi connectivity index (χ4v) is 2.62. The Bertz CT molecular complexity index is 551. The minimum Gasteiger partial charge on any atom is -0.497 e. The molecule has 0 radical (unpaired) electrons. The lowest BCUT2D eigenvalue weighted by Crippen LogP contribution is -2.14. The van der Waals surface area contributed by atoms with E-state index >= 15 is 0 Å². The molecule has 1 saturated carbocycles. The number of nitrogens with two attached hydrogens (primary N) is 2. The molecule has 0 unspecified atom stereocenters. The summed E-state index contributed by atoms with van der Waals surface area (Å²) in [6.45, 7) is 8.60. The molecule has 0 aromatic carbocycles. The Labute approximate surface area is 148 Å². The maximum absolute atomic E-state index is 11.3. The second kappa shape index (κ2) is 11.6. The molecule has 0 aliphatic heterocycles. The first kappa shape index (κ1) is 22.1. The topological polar surface area (TPSA) is 100 Å². The minimum absolute atomic E-state index is 0. The average molecular weight is 356 g/mol. The standard InChI is InChI=1S/C11H14N2O2S.C5H11NO.CH4/c1-2-15-11(14)9(12)5-8-6-13-10(16-8)7-3-4-7;1-3-7-5(2)4-6;/h5-7H,2-4,12H2,1H3;2-4,6H2,1H3;1H4/b9-5-;;. The summed E-state index contributed by atoms with van der Waals surface area (Å²) >= 11 is 1.59. The molecule has 1 heterocycles. The summed E-state index contributed by atoms with van der Waals surface area (Å²) in [5.74, 6) is 0.822. The van der Waals surface area contributed by atoms with Crippen molar-refractivity contribution in [3.05, 3.63) is 34.1 Å². The Kier molecular flexibility index (Phi) is 10.7. The van der Waals surface area contributed by atoms with Crippen molar-refractivity contribution in [2.75, 3.05) is 19.8 Å². The van der Waals surface area contributed by atoms with Gasteiger partial charge in [-0.3, -0.25) is 0 Å². The molecule has 136 valence electrons. The van der Waals surface area contributed by atoms with E-state index < -0.39 is 5.97 Å². The van der Waals surface area contributed by atoms with E-state index in [1.54, 1.807) is 30.5 Å². The van der Waals surface area contributed by atoms with Gasteiger partial charge in [0.2, 0.25) is 0 Å². The van der Waals surface area contributed by atoms with Crippen LogP contribution in [0.5, 0.6) is 0 Å².